The highest BCUT2D eigenvalue weighted by Gasteiger charge is 2.44. The molecule has 2 N–H and O–H groups in total. The first-order chi connectivity index (χ1) is 13.1. The zero-order valence-electron chi connectivity index (χ0n) is 16.2. The van der Waals surface area contributed by atoms with Gasteiger partial charge in [0.15, 0.2) is 5.96 Å². The molecule has 0 spiro atoms. The summed E-state index contributed by atoms with van der Waals surface area (Å²) in [5, 5.41) is 6.85. The van der Waals surface area contributed by atoms with Gasteiger partial charge >= 0.3 is 0 Å². The molecule has 7 heteroatoms. The minimum atomic E-state index is 0. The van der Waals surface area contributed by atoms with Crippen LogP contribution >= 0.6 is 39.9 Å². The number of rotatable bonds is 8. The normalized spacial score (nSPS) is 14.9. The van der Waals surface area contributed by atoms with Crippen molar-refractivity contribution in [3.8, 4) is 0 Å². The largest absolute Gasteiger partial charge is 0.356 e. The van der Waals surface area contributed by atoms with Gasteiger partial charge in [-0.15, -0.1) is 24.0 Å². The van der Waals surface area contributed by atoms with Crippen molar-refractivity contribution in [2.45, 2.75) is 37.6 Å². The molecule has 0 saturated heterocycles. The maximum atomic E-state index is 11.7. The number of aryl methyl sites for hydroxylation is 1. The first-order valence-electron chi connectivity index (χ1n) is 9.49. The summed E-state index contributed by atoms with van der Waals surface area (Å²) in [6.07, 6.45) is 6.19. The Labute approximate surface area is 192 Å². The zero-order valence-corrected chi connectivity index (χ0v) is 20.1. The van der Waals surface area contributed by atoms with Crippen molar-refractivity contribution >= 4 is 45.9 Å². The van der Waals surface area contributed by atoms with Crippen LogP contribution in [0.2, 0.25) is 0 Å². The Morgan fingerprint density at radius 1 is 1.18 bits per heavy atom. The zero-order chi connectivity index (χ0) is 19.1. The Hall–Kier alpha value is -1.35. The van der Waals surface area contributed by atoms with Crippen LogP contribution in [0.1, 0.15) is 31.2 Å². The average Bonchev–Trinajstić information content (AvgIpc) is 3.46. The topological polar surface area (TPSA) is 58.4 Å². The highest BCUT2D eigenvalue weighted by Crippen LogP contribution is 2.48. The molecule has 1 heterocycles. The molecule has 1 aliphatic carbocycles. The van der Waals surface area contributed by atoms with E-state index in [-0.39, 0.29) is 35.0 Å². The average molecular weight is 559 g/mol. The highest BCUT2D eigenvalue weighted by atomic mass is 127. The van der Waals surface area contributed by atoms with Crippen molar-refractivity contribution < 1.29 is 0 Å². The number of hydrogen-bond donors (Lipinski definition) is 2. The van der Waals surface area contributed by atoms with E-state index in [9.17, 15) is 4.79 Å². The van der Waals surface area contributed by atoms with E-state index in [1.165, 1.54) is 18.4 Å². The van der Waals surface area contributed by atoms with Crippen molar-refractivity contribution in [3.63, 3.8) is 0 Å². The van der Waals surface area contributed by atoms with Crippen LogP contribution in [-0.2, 0) is 12.0 Å². The molecule has 0 atom stereocenters. The molecule has 28 heavy (non-hydrogen) atoms. The van der Waals surface area contributed by atoms with Crippen molar-refractivity contribution in [2.75, 3.05) is 20.1 Å². The summed E-state index contributed by atoms with van der Waals surface area (Å²) in [6.45, 7) is 2.48. The number of aliphatic imine (C=N–C) groups is 1. The van der Waals surface area contributed by atoms with E-state index in [4.69, 9.17) is 0 Å². The SMILES string of the molecule is CN=C(NCCCCn1ccccc1=O)NCC1(c2cccc(Br)c2)CC1.I. The number of unbranched alkanes of at least 4 members (excludes halogenated alkanes) is 1. The van der Waals surface area contributed by atoms with Gasteiger partial charge in [-0.05, 0) is 49.4 Å². The molecule has 1 fully saturated rings. The quantitative estimate of drug-likeness (QED) is 0.223. The van der Waals surface area contributed by atoms with Crippen molar-refractivity contribution in [1.29, 1.82) is 0 Å². The van der Waals surface area contributed by atoms with Crippen molar-refractivity contribution in [2.24, 2.45) is 4.99 Å². The summed E-state index contributed by atoms with van der Waals surface area (Å²) < 4.78 is 2.88. The molecule has 0 amide bonds. The van der Waals surface area contributed by atoms with Gasteiger partial charge < -0.3 is 15.2 Å². The lowest BCUT2D eigenvalue weighted by Gasteiger charge is -2.19. The van der Waals surface area contributed by atoms with Crippen LogP contribution in [0.3, 0.4) is 0 Å². The number of benzene rings is 1. The summed E-state index contributed by atoms with van der Waals surface area (Å²) in [6, 6.07) is 13.9. The van der Waals surface area contributed by atoms with Crippen LogP contribution in [0.4, 0.5) is 0 Å². The summed E-state index contributed by atoms with van der Waals surface area (Å²) in [5.41, 5.74) is 1.67. The van der Waals surface area contributed by atoms with Gasteiger partial charge in [0.05, 0.1) is 0 Å². The fourth-order valence-electron chi connectivity index (χ4n) is 3.27. The molecule has 1 aliphatic rings. The highest BCUT2D eigenvalue weighted by molar-refractivity contribution is 14.0. The molecule has 1 aromatic heterocycles. The third-order valence-corrected chi connectivity index (χ3v) is 5.62. The summed E-state index contributed by atoms with van der Waals surface area (Å²) in [4.78, 5) is 16.0. The summed E-state index contributed by atoms with van der Waals surface area (Å²) in [5.74, 6) is 0.841. The molecular formula is C21H28BrIN4O. The van der Waals surface area contributed by atoms with Gasteiger partial charge in [0.2, 0.25) is 5.56 Å². The Bertz CT molecular complexity index is 848. The van der Waals surface area contributed by atoms with E-state index in [0.29, 0.717) is 0 Å². The minimum Gasteiger partial charge on any atom is -0.356 e. The van der Waals surface area contributed by atoms with Gasteiger partial charge in [0, 0.05) is 48.8 Å². The summed E-state index contributed by atoms with van der Waals surface area (Å²) >= 11 is 3.57. The number of nitrogens with one attached hydrogen (secondary N) is 2. The van der Waals surface area contributed by atoms with E-state index in [1.54, 1.807) is 23.7 Å². The lowest BCUT2D eigenvalue weighted by molar-refractivity contribution is 0.582. The first-order valence-corrected chi connectivity index (χ1v) is 10.3. The van der Waals surface area contributed by atoms with Crippen molar-refractivity contribution in [1.82, 2.24) is 15.2 Å². The number of pyridine rings is 1. The fraction of sp³-hybridized carbons (Fsp3) is 0.429. The number of halogens is 2. The molecule has 3 rings (SSSR count). The van der Waals surface area contributed by atoms with Gasteiger partial charge in [-0.1, -0.05) is 34.1 Å². The second-order valence-electron chi connectivity index (χ2n) is 7.08. The van der Waals surface area contributed by atoms with Crippen molar-refractivity contribution in [3.05, 3.63) is 69.1 Å². The molecule has 152 valence electrons. The first kappa shape index (κ1) is 22.9. The van der Waals surface area contributed by atoms with Gasteiger partial charge in [-0.3, -0.25) is 9.79 Å². The molecule has 1 aromatic carbocycles. The van der Waals surface area contributed by atoms with E-state index >= 15 is 0 Å². The van der Waals surface area contributed by atoms with Crippen LogP contribution in [-0.4, -0.2) is 30.7 Å². The van der Waals surface area contributed by atoms with Gasteiger partial charge in [-0.25, -0.2) is 0 Å². The second kappa shape index (κ2) is 11.0. The van der Waals surface area contributed by atoms with Gasteiger partial charge in [0.1, 0.15) is 0 Å². The number of guanidine groups is 1. The Morgan fingerprint density at radius 2 is 2.00 bits per heavy atom. The predicted octanol–water partition coefficient (Wildman–Crippen LogP) is 3.91. The maximum absolute atomic E-state index is 11.7. The van der Waals surface area contributed by atoms with Gasteiger partial charge in [-0.2, -0.15) is 0 Å². The Kier molecular flexibility index (Phi) is 9.01. The third kappa shape index (κ3) is 6.34. The Morgan fingerprint density at radius 3 is 2.68 bits per heavy atom. The molecule has 0 radical (unpaired) electrons. The fourth-order valence-corrected chi connectivity index (χ4v) is 3.67. The molecule has 5 nitrogen and oxygen atoms in total. The molecule has 1 saturated carbocycles. The van der Waals surface area contributed by atoms with Crippen LogP contribution in [0.15, 0.2) is 62.9 Å². The van der Waals surface area contributed by atoms with E-state index in [1.807, 2.05) is 12.3 Å². The third-order valence-electron chi connectivity index (χ3n) is 5.13. The lowest BCUT2D eigenvalue weighted by Crippen LogP contribution is -2.41. The molecule has 0 bridgehead atoms. The van der Waals surface area contributed by atoms with Gasteiger partial charge in [0.25, 0.3) is 0 Å². The number of hydrogen-bond acceptors (Lipinski definition) is 2. The van der Waals surface area contributed by atoms with Crippen LogP contribution in [0.25, 0.3) is 0 Å². The monoisotopic (exact) mass is 558 g/mol. The summed E-state index contributed by atoms with van der Waals surface area (Å²) in [7, 11) is 1.80. The molecule has 0 aliphatic heterocycles. The molecule has 2 aromatic rings. The van der Waals surface area contributed by atoms with E-state index < -0.39 is 0 Å². The number of nitrogens with zero attached hydrogens (tertiary/aromatic N) is 2. The second-order valence-corrected chi connectivity index (χ2v) is 8.00. The predicted molar refractivity (Wildman–Crippen MR) is 130 cm³/mol. The van der Waals surface area contributed by atoms with E-state index in [0.717, 1.165) is 42.9 Å². The number of aromatic nitrogens is 1. The van der Waals surface area contributed by atoms with Crippen LogP contribution in [0.5, 0.6) is 0 Å². The molecule has 0 unspecified atom stereocenters. The van der Waals surface area contributed by atoms with Crippen LogP contribution in [0, 0.1) is 0 Å². The Balaban J connectivity index is 0.00000280. The minimum absolute atomic E-state index is 0. The lowest BCUT2D eigenvalue weighted by atomic mass is 9.96. The standard InChI is InChI=1S/C21H27BrN4O.HI/c1-23-20(24-12-3-5-14-26-13-4-2-9-19(26)27)25-16-21(10-11-21)17-7-6-8-18(22)15-17;/h2,4,6-9,13,15H,3,5,10-12,14,16H2,1H3,(H2,23,24,25);1H. The van der Waals surface area contributed by atoms with E-state index in [2.05, 4.69) is 55.8 Å². The maximum Gasteiger partial charge on any atom is 0.250 e. The molecular weight excluding hydrogens is 531 g/mol. The smallest absolute Gasteiger partial charge is 0.250 e. The van der Waals surface area contributed by atoms with Crippen LogP contribution < -0.4 is 16.2 Å².